The van der Waals surface area contributed by atoms with Gasteiger partial charge in [-0.15, -0.1) is 0 Å². The van der Waals surface area contributed by atoms with Crippen molar-refractivity contribution >= 4 is 17.5 Å². The molecular formula is C13H18N4O2. The third-order valence-electron chi connectivity index (χ3n) is 3.90. The van der Waals surface area contributed by atoms with Crippen LogP contribution in [0.1, 0.15) is 42.6 Å². The monoisotopic (exact) mass is 262 g/mol. The number of fused-ring (bicyclic) bond motifs is 1. The number of nitrogens with one attached hydrogen (secondary N) is 2. The molecule has 1 aromatic rings. The Hall–Kier alpha value is -1.85. The molecule has 102 valence electrons. The molecule has 2 N–H and O–H groups in total. The van der Waals surface area contributed by atoms with Crippen LogP contribution in [0.5, 0.6) is 0 Å². The minimum absolute atomic E-state index is 0.0221. The van der Waals surface area contributed by atoms with Crippen LogP contribution >= 0.6 is 0 Å². The number of carbonyl (C=O) groups is 2. The molecule has 2 heterocycles. The minimum Gasteiger partial charge on any atom is -0.349 e. The van der Waals surface area contributed by atoms with E-state index in [1.165, 1.54) is 6.42 Å². The van der Waals surface area contributed by atoms with Gasteiger partial charge in [0, 0.05) is 12.5 Å². The van der Waals surface area contributed by atoms with E-state index >= 15 is 0 Å². The smallest absolute Gasteiger partial charge is 0.271 e. The van der Waals surface area contributed by atoms with E-state index in [-0.39, 0.29) is 17.7 Å². The Kier molecular flexibility index (Phi) is 3.23. The van der Waals surface area contributed by atoms with Crippen molar-refractivity contribution in [2.24, 2.45) is 5.92 Å². The SMILES string of the molecule is O=C1NCCn2ncc(NC(=O)C3CCCCC3)c21. The maximum absolute atomic E-state index is 12.2. The Morgan fingerprint density at radius 2 is 2.16 bits per heavy atom. The Balaban J connectivity index is 1.74. The topological polar surface area (TPSA) is 76.0 Å². The summed E-state index contributed by atoms with van der Waals surface area (Å²) < 4.78 is 1.65. The Labute approximate surface area is 111 Å². The molecule has 1 aliphatic heterocycles. The number of hydrogen-bond donors (Lipinski definition) is 2. The van der Waals surface area contributed by atoms with Crippen LogP contribution in [-0.2, 0) is 11.3 Å². The van der Waals surface area contributed by atoms with Gasteiger partial charge in [-0.25, -0.2) is 0 Å². The second-order valence-electron chi connectivity index (χ2n) is 5.21. The van der Waals surface area contributed by atoms with Gasteiger partial charge in [0.15, 0.2) is 0 Å². The lowest BCUT2D eigenvalue weighted by Gasteiger charge is -2.21. The fourth-order valence-electron chi connectivity index (χ4n) is 2.84. The number of rotatable bonds is 2. The zero-order chi connectivity index (χ0) is 13.2. The molecule has 6 nitrogen and oxygen atoms in total. The fraction of sp³-hybridized carbons (Fsp3) is 0.615. The molecule has 3 rings (SSSR count). The normalized spacial score (nSPS) is 19.7. The predicted octanol–water partition coefficient (Wildman–Crippen LogP) is 1.15. The van der Waals surface area contributed by atoms with Crippen LogP contribution < -0.4 is 10.6 Å². The number of amides is 2. The second kappa shape index (κ2) is 5.03. The summed E-state index contributed by atoms with van der Waals surface area (Å²) in [5.41, 5.74) is 1.00. The van der Waals surface area contributed by atoms with Crippen LogP contribution in [0.15, 0.2) is 6.20 Å². The van der Waals surface area contributed by atoms with Crippen molar-refractivity contribution in [1.29, 1.82) is 0 Å². The summed E-state index contributed by atoms with van der Waals surface area (Å²) in [4.78, 5) is 24.0. The molecule has 1 aromatic heterocycles. The van der Waals surface area contributed by atoms with Gasteiger partial charge in [-0.2, -0.15) is 5.10 Å². The molecular weight excluding hydrogens is 244 g/mol. The van der Waals surface area contributed by atoms with Gasteiger partial charge in [-0.1, -0.05) is 19.3 Å². The number of aromatic nitrogens is 2. The van der Waals surface area contributed by atoms with E-state index in [0.717, 1.165) is 25.7 Å². The van der Waals surface area contributed by atoms with E-state index in [1.807, 2.05) is 0 Å². The maximum Gasteiger partial charge on any atom is 0.271 e. The molecule has 1 saturated carbocycles. The number of carbonyl (C=O) groups excluding carboxylic acids is 2. The summed E-state index contributed by atoms with van der Waals surface area (Å²) in [6.45, 7) is 1.24. The van der Waals surface area contributed by atoms with Crippen molar-refractivity contribution in [3.8, 4) is 0 Å². The summed E-state index contributed by atoms with van der Waals surface area (Å²) in [6, 6.07) is 0. The van der Waals surface area contributed by atoms with Crippen LogP contribution in [0.4, 0.5) is 5.69 Å². The Bertz CT molecular complexity index is 503. The first kappa shape index (κ1) is 12.2. The van der Waals surface area contributed by atoms with Crippen LogP contribution in [0, 0.1) is 5.92 Å². The van der Waals surface area contributed by atoms with Gasteiger partial charge in [0.1, 0.15) is 5.69 Å². The summed E-state index contributed by atoms with van der Waals surface area (Å²) in [5, 5.41) is 9.78. The van der Waals surface area contributed by atoms with Gasteiger partial charge >= 0.3 is 0 Å². The highest BCUT2D eigenvalue weighted by molar-refractivity contribution is 6.03. The average molecular weight is 262 g/mol. The molecule has 1 aliphatic carbocycles. The third-order valence-corrected chi connectivity index (χ3v) is 3.90. The summed E-state index contributed by atoms with van der Waals surface area (Å²) in [5.74, 6) is -0.0625. The predicted molar refractivity (Wildman–Crippen MR) is 69.8 cm³/mol. The zero-order valence-corrected chi connectivity index (χ0v) is 10.8. The maximum atomic E-state index is 12.2. The quantitative estimate of drug-likeness (QED) is 0.839. The third kappa shape index (κ3) is 2.34. The van der Waals surface area contributed by atoms with Crippen LogP contribution in [0.2, 0.25) is 0 Å². The average Bonchev–Trinajstić information content (AvgIpc) is 2.84. The van der Waals surface area contributed by atoms with Crippen molar-refractivity contribution in [3.05, 3.63) is 11.9 Å². The number of hydrogen-bond acceptors (Lipinski definition) is 3. The first-order chi connectivity index (χ1) is 9.25. The minimum atomic E-state index is -0.164. The first-order valence-corrected chi connectivity index (χ1v) is 6.90. The highest BCUT2D eigenvalue weighted by Gasteiger charge is 2.26. The molecule has 2 aliphatic rings. The van der Waals surface area contributed by atoms with E-state index in [1.54, 1.807) is 10.9 Å². The highest BCUT2D eigenvalue weighted by Crippen LogP contribution is 2.26. The molecule has 0 spiro atoms. The van der Waals surface area contributed by atoms with Crippen LogP contribution in [0.25, 0.3) is 0 Å². The van der Waals surface area contributed by atoms with Gasteiger partial charge in [-0.3, -0.25) is 14.3 Å². The van der Waals surface area contributed by atoms with Crippen LogP contribution in [-0.4, -0.2) is 28.1 Å². The van der Waals surface area contributed by atoms with Crippen LogP contribution in [0.3, 0.4) is 0 Å². The summed E-state index contributed by atoms with van der Waals surface area (Å²) in [6.07, 6.45) is 6.91. The molecule has 19 heavy (non-hydrogen) atoms. The lowest BCUT2D eigenvalue weighted by Crippen LogP contribution is -2.36. The van der Waals surface area contributed by atoms with Gasteiger partial charge in [0.25, 0.3) is 5.91 Å². The van der Waals surface area contributed by atoms with Gasteiger partial charge in [-0.05, 0) is 12.8 Å². The Morgan fingerprint density at radius 1 is 1.37 bits per heavy atom. The molecule has 0 aromatic carbocycles. The molecule has 1 fully saturated rings. The Morgan fingerprint density at radius 3 is 2.95 bits per heavy atom. The number of anilines is 1. The summed E-state index contributed by atoms with van der Waals surface area (Å²) in [7, 11) is 0. The molecule has 6 heteroatoms. The van der Waals surface area contributed by atoms with Gasteiger partial charge in [0.2, 0.25) is 5.91 Å². The van der Waals surface area contributed by atoms with Crippen molar-refractivity contribution < 1.29 is 9.59 Å². The largest absolute Gasteiger partial charge is 0.349 e. The van der Waals surface area contributed by atoms with E-state index in [2.05, 4.69) is 15.7 Å². The lowest BCUT2D eigenvalue weighted by molar-refractivity contribution is -0.120. The van der Waals surface area contributed by atoms with E-state index in [9.17, 15) is 9.59 Å². The summed E-state index contributed by atoms with van der Waals surface area (Å²) >= 11 is 0. The molecule has 0 bridgehead atoms. The zero-order valence-electron chi connectivity index (χ0n) is 10.8. The molecule has 0 unspecified atom stereocenters. The van der Waals surface area contributed by atoms with Crippen molar-refractivity contribution in [1.82, 2.24) is 15.1 Å². The molecule has 0 atom stereocenters. The molecule has 0 radical (unpaired) electrons. The van der Waals surface area contributed by atoms with Gasteiger partial charge in [0.05, 0.1) is 18.4 Å². The standard InChI is InChI=1S/C13H18N4O2/c18-12(9-4-2-1-3-5-9)16-10-8-15-17-7-6-14-13(19)11(10)17/h8-9H,1-7H2,(H,14,19)(H,16,18). The van der Waals surface area contributed by atoms with Crippen molar-refractivity contribution in [2.75, 3.05) is 11.9 Å². The molecule has 0 saturated heterocycles. The van der Waals surface area contributed by atoms with Gasteiger partial charge < -0.3 is 10.6 Å². The van der Waals surface area contributed by atoms with E-state index in [0.29, 0.717) is 24.5 Å². The van der Waals surface area contributed by atoms with E-state index < -0.39 is 0 Å². The van der Waals surface area contributed by atoms with Crippen molar-refractivity contribution in [3.63, 3.8) is 0 Å². The second-order valence-corrected chi connectivity index (χ2v) is 5.21. The first-order valence-electron chi connectivity index (χ1n) is 6.90. The fourth-order valence-corrected chi connectivity index (χ4v) is 2.84. The van der Waals surface area contributed by atoms with Crippen molar-refractivity contribution in [2.45, 2.75) is 38.6 Å². The molecule has 2 amide bonds. The lowest BCUT2D eigenvalue weighted by atomic mass is 9.88. The highest BCUT2D eigenvalue weighted by atomic mass is 16.2. The number of nitrogens with zero attached hydrogens (tertiary/aromatic N) is 2. The van der Waals surface area contributed by atoms with E-state index in [4.69, 9.17) is 0 Å².